The molecule has 0 bridgehead atoms. The fourth-order valence-corrected chi connectivity index (χ4v) is 4.15. The van der Waals surface area contributed by atoms with Crippen molar-refractivity contribution in [2.75, 3.05) is 11.5 Å². The Kier molecular flexibility index (Phi) is 3.85. The number of nitrogens with one attached hydrogen (secondary N) is 1. The lowest BCUT2D eigenvalue weighted by Crippen LogP contribution is -2.29. The standard InChI is InChI=1S/C12H19NO5S/c14-10(13-9-1-2-9)3-6-19(17,18)8-12(4-5-12)7-11(15)16/h9H,1-8H2,(H,13,14)(H,15,16). The number of hydrogen-bond acceptors (Lipinski definition) is 4. The Labute approximate surface area is 112 Å². The summed E-state index contributed by atoms with van der Waals surface area (Å²) in [5.74, 6) is -1.48. The molecule has 2 saturated carbocycles. The van der Waals surface area contributed by atoms with Gasteiger partial charge in [0.15, 0.2) is 9.84 Å². The van der Waals surface area contributed by atoms with Gasteiger partial charge in [0.05, 0.1) is 17.9 Å². The lowest BCUT2D eigenvalue weighted by Gasteiger charge is -2.12. The van der Waals surface area contributed by atoms with Crippen LogP contribution in [0.5, 0.6) is 0 Å². The van der Waals surface area contributed by atoms with Gasteiger partial charge in [-0.3, -0.25) is 9.59 Å². The molecule has 2 aliphatic carbocycles. The van der Waals surface area contributed by atoms with E-state index < -0.39 is 21.2 Å². The molecule has 1 amide bonds. The SMILES string of the molecule is O=C(O)CC1(CS(=O)(=O)CCC(=O)NC2CC2)CC1. The largest absolute Gasteiger partial charge is 0.481 e. The zero-order valence-electron chi connectivity index (χ0n) is 10.7. The summed E-state index contributed by atoms with van der Waals surface area (Å²) in [7, 11) is -3.36. The van der Waals surface area contributed by atoms with Gasteiger partial charge in [0.1, 0.15) is 0 Å². The van der Waals surface area contributed by atoms with Gasteiger partial charge in [-0.2, -0.15) is 0 Å². The summed E-state index contributed by atoms with van der Waals surface area (Å²) in [6, 6.07) is 0.233. The zero-order chi connectivity index (χ0) is 14.1. The minimum Gasteiger partial charge on any atom is -0.481 e. The molecule has 0 aliphatic heterocycles. The second-order valence-electron chi connectivity index (χ2n) is 5.75. The summed E-state index contributed by atoms with van der Waals surface area (Å²) in [6.07, 6.45) is 3.11. The molecule has 2 aliphatic rings. The van der Waals surface area contributed by atoms with Crippen LogP contribution in [-0.4, -0.2) is 42.9 Å². The van der Waals surface area contributed by atoms with Crippen molar-refractivity contribution in [2.24, 2.45) is 5.41 Å². The number of carbonyl (C=O) groups is 2. The fourth-order valence-electron chi connectivity index (χ4n) is 2.18. The number of carbonyl (C=O) groups excluding carboxylic acids is 1. The fraction of sp³-hybridized carbons (Fsp3) is 0.833. The Morgan fingerprint density at radius 1 is 1.26 bits per heavy atom. The van der Waals surface area contributed by atoms with Crippen molar-refractivity contribution in [3.05, 3.63) is 0 Å². The number of hydrogen-bond donors (Lipinski definition) is 2. The minimum atomic E-state index is -3.36. The summed E-state index contributed by atoms with van der Waals surface area (Å²) >= 11 is 0. The molecule has 0 spiro atoms. The predicted molar refractivity (Wildman–Crippen MR) is 68.4 cm³/mol. The average Bonchev–Trinajstić information content (AvgIpc) is 3.14. The van der Waals surface area contributed by atoms with E-state index in [-0.39, 0.29) is 36.3 Å². The maximum absolute atomic E-state index is 11.9. The van der Waals surface area contributed by atoms with Crippen molar-refractivity contribution in [3.8, 4) is 0 Å². The Balaban J connectivity index is 1.78. The summed E-state index contributed by atoms with van der Waals surface area (Å²) in [5, 5.41) is 11.5. The lowest BCUT2D eigenvalue weighted by molar-refractivity contribution is -0.138. The molecular formula is C12H19NO5S. The molecule has 0 heterocycles. The first-order chi connectivity index (χ1) is 8.80. The van der Waals surface area contributed by atoms with Crippen molar-refractivity contribution in [1.82, 2.24) is 5.32 Å². The molecule has 0 aromatic rings. The molecule has 0 saturated heterocycles. The zero-order valence-corrected chi connectivity index (χ0v) is 11.5. The summed E-state index contributed by atoms with van der Waals surface area (Å²) in [6.45, 7) is 0. The van der Waals surface area contributed by atoms with Crippen LogP contribution in [0.15, 0.2) is 0 Å². The van der Waals surface area contributed by atoms with Gasteiger partial charge in [-0.1, -0.05) is 0 Å². The van der Waals surface area contributed by atoms with Gasteiger partial charge in [0.25, 0.3) is 0 Å². The molecule has 108 valence electrons. The third-order valence-corrected chi connectivity index (χ3v) is 5.47. The molecule has 19 heavy (non-hydrogen) atoms. The highest BCUT2D eigenvalue weighted by molar-refractivity contribution is 7.91. The molecule has 2 N–H and O–H groups in total. The minimum absolute atomic E-state index is 0.0258. The van der Waals surface area contributed by atoms with Crippen LogP contribution in [-0.2, 0) is 19.4 Å². The quantitative estimate of drug-likeness (QED) is 0.670. The van der Waals surface area contributed by atoms with Crippen LogP contribution in [0.4, 0.5) is 0 Å². The van der Waals surface area contributed by atoms with Gasteiger partial charge >= 0.3 is 5.97 Å². The van der Waals surface area contributed by atoms with E-state index in [1.165, 1.54) is 0 Å². The number of sulfone groups is 1. The number of aliphatic carboxylic acids is 1. The summed E-state index contributed by atoms with van der Waals surface area (Å²) < 4.78 is 23.8. The topological polar surface area (TPSA) is 101 Å². The maximum atomic E-state index is 11.9. The van der Waals surface area contributed by atoms with Crippen LogP contribution in [0.1, 0.15) is 38.5 Å². The summed E-state index contributed by atoms with van der Waals surface area (Å²) in [5.41, 5.74) is -0.572. The second-order valence-corrected chi connectivity index (χ2v) is 7.94. The van der Waals surface area contributed by atoms with Crippen molar-refractivity contribution in [1.29, 1.82) is 0 Å². The molecule has 2 rings (SSSR count). The summed E-state index contributed by atoms with van der Waals surface area (Å²) in [4.78, 5) is 22.1. The van der Waals surface area contributed by atoms with E-state index >= 15 is 0 Å². The number of rotatable bonds is 8. The average molecular weight is 289 g/mol. The third-order valence-electron chi connectivity index (χ3n) is 3.59. The molecule has 6 nitrogen and oxygen atoms in total. The number of carboxylic acid groups (broad SMARTS) is 1. The van der Waals surface area contributed by atoms with Crippen LogP contribution < -0.4 is 5.32 Å². The van der Waals surface area contributed by atoms with Crippen molar-refractivity contribution >= 4 is 21.7 Å². The first-order valence-corrected chi connectivity index (χ1v) is 8.34. The highest BCUT2D eigenvalue weighted by Crippen LogP contribution is 2.49. The van der Waals surface area contributed by atoms with E-state index in [2.05, 4.69) is 5.32 Å². The molecular weight excluding hydrogens is 270 g/mol. The first-order valence-electron chi connectivity index (χ1n) is 6.52. The predicted octanol–water partition coefficient (Wildman–Crippen LogP) is 0.325. The maximum Gasteiger partial charge on any atom is 0.303 e. The Bertz CT molecular complexity index is 476. The van der Waals surface area contributed by atoms with E-state index in [4.69, 9.17) is 5.11 Å². The van der Waals surface area contributed by atoms with Gasteiger partial charge in [0.2, 0.25) is 5.91 Å². The van der Waals surface area contributed by atoms with Gasteiger partial charge in [-0.25, -0.2) is 8.42 Å². The molecule has 0 radical (unpaired) electrons. The Hall–Kier alpha value is -1.11. The highest BCUT2D eigenvalue weighted by Gasteiger charge is 2.47. The van der Waals surface area contributed by atoms with Gasteiger partial charge in [0, 0.05) is 12.5 Å². The normalized spacial score (nSPS) is 20.8. The van der Waals surface area contributed by atoms with Crippen LogP contribution in [0, 0.1) is 5.41 Å². The van der Waals surface area contributed by atoms with E-state index in [9.17, 15) is 18.0 Å². The van der Waals surface area contributed by atoms with Crippen molar-refractivity contribution in [3.63, 3.8) is 0 Å². The van der Waals surface area contributed by atoms with Crippen LogP contribution in [0.2, 0.25) is 0 Å². The van der Waals surface area contributed by atoms with Gasteiger partial charge in [-0.05, 0) is 31.1 Å². The molecule has 2 fully saturated rings. The molecule has 0 unspecified atom stereocenters. The lowest BCUT2D eigenvalue weighted by atomic mass is 10.1. The molecule has 0 aromatic carbocycles. The van der Waals surface area contributed by atoms with Crippen LogP contribution in [0.3, 0.4) is 0 Å². The number of amides is 1. The van der Waals surface area contributed by atoms with Crippen molar-refractivity contribution < 1.29 is 23.1 Å². The van der Waals surface area contributed by atoms with E-state index in [0.29, 0.717) is 12.8 Å². The Morgan fingerprint density at radius 3 is 2.37 bits per heavy atom. The second kappa shape index (κ2) is 5.11. The van der Waals surface area contributed by atoms with E-state index in [0.717, 1.165) is 12.8 Å². The number of carboxylic acids is 1. The first kappa shape index (κ1) is 14.3. The molecule has 0 atom stereocenters. The highest BCUT2D eigenvalue weighted by atomic mass is 32.2. The third kappa shape index (κ3) is 4.81. The smallest absolute Gasteiger partial charge is 0.303 e. The molecule has 0 aromatic heterocycles. The van der Waals surface area contributed by atoms with E-state index in [1.54, 1.807) is 0 Å². The van der Waals surface area contributed by atoms with E-state index in [1.807, 2.05) is 0 Å². The Morgan fingerprint density at radius 2 is 1.89 bits per heavy atom. The monoisotopic (exact) mass is 289 g/mol. The van der Waals surface area contributed by atoms with Crippen LogP contribution in [0.25, 0.3) is 0 Å². The molecule has 7 heteroatoms. The van der Waals surface area contributed by atoms with Gasteiger partial charge in [-0.15, -0.1) is 0 Å². The van der Waals surface area contributed by atoms with Gasteiger partial charge < -0.3 is 10.4 Å². The van der Waals surface area contributed by atoms with Crippen LogP contribution >= 0.6 is 0 Å². The van der Waals surface area contributed by atoms with Crippen molar-refractivity contribution in [2.45, 2.75) is 44.6 Å².